The van der Waals surface area contributed by atoms with Crippen LogP contribution < -0.4 is 4.90 Å². The number of nitrogens with zero attached hydrogens (tertiary/aromatic N) is 1. The molecule has 0 unspecified atom stereocenters. The van der Waals surface area contributed by atoms with Gasteiger partial charge in [0.15, 0.2) is 0 Å². The van der Waals surface area contributed by atoms with Gasteiger partial charge in [0.1, 0.15) is 0 Å². The van der Waals surface area contributed by atoms with Crippen molar-refractivity contribution in [3.63, 3.8) is 0 Å². The van der Waals surface area contributed by atoms with Crippen LogP contribution in [0.25, 0.3) is 0 Å². The summed E-state index contributed by atoms with van der Waals surface area (Å²) in [6, 6.07) is 17.6. The molecular weight excluding hydrogens is 238 g/mol. The molecule has 2 aromatic carbocycles. The number of hydrogen-bond donors (Lipinski definition) is 0. The zero-order chi connectivity index (χ0) is 13.2. The molecule has 0 aliphatic carbocycles. The summed E-state index contributed by atoms with van der Waals surface area (Å²) in [5.41, 5.74) is 2.67. The van der Waals surface area contributed by atoms with Crippen molar-refractivity contribution in [2.75, 3.05) is 11.4 Å². The minimum absolute atomic E-state index is 0.241. The smallest absolute Gasteiger partial charge is 0.340 e. The van der Waals surface area contributed by atoms with Crippen molar-refractivity contribution in [2.24, 2.45) is 0 Å². The highest BCUT2D eigenvalue weighted by molar-refractivity contribution is 5.94. The summed E-state index contributed by atoms with van der Waals surface area (Å²) in [5.74, 6) is -0.241. The van der Waals surface area contributed by atoms with Crippen molar-refractivity contribution in [1.82, 2.24) is 0 Å². The third-order valence-electron chi connectivity index (χ3n) is 3.38. The normalized spacial score (nSPS) is 16.9. The van der Waals surface area contributed by atoms with Gasteiger partial charge in [-0.3, -0.25) is 0 Å². The first-order valence-electron chi connectivity index (χ1n) is 6.43. The maximum Gasteiger partial charge on any atom is 0.340 e. The standard InChI is InChI=1S/C16H15NO2/c1-2-17(12-8-4-3-5-9-12)15-13-10-6-7-11-14(13)16(18)19-15/h3-11,15H,2H2,1H3/t15-/m0/s1. The van der Waals surface area contributed by atoms with Gasteiger partial charge in [-0.1, -0.05) is 36.4 Å². The van der Waals surface area contributed by atoms with Crippen LogP contribution in [0, 0.1) is 0 Å². The van der Waals surface area contributed by atoms with Crippen molar-refractivity contribution in [1.29, 1.82) is 0 Å². The number of rotatable bonds is 3. The summed E-state index contributed by atoms with van der Waals surface area (Å²) in [5, 5.41) is 0. The minimum atomic E-state index is -0.323. The Kier molecular flexibility index (Phi) is 2.95. The lowest BCUT2D eigenvalue weighted by Crippen LogP contribution is -2.28. The third-order valence-corrected chi connectivity index (χ3v) is 3.38. The molecule has 1 heterocycles. The molecule has 0 saturated carbocycles. The summed E-state index contributed by atoms with van der Waals surface area (Å²) in [4.78, 5) is 14.0. The SMILES string of the molecule is CCN(c1ccccc1)[C@H]1OC(=O)c2ccccc21. The second-order valence-electron chi connectivity index (χ2n) is 4.47. The van der Waals surface area contributed by atoms with Crippen LogP contribution in [0.4, 0.5) is 5.69 Å². The van der Waals surface area contributed by atoms with Gasteiger partial charge in [0, 0.05) is 17.8 Å². The van der Waals surface area contributed by atoms with Gasteiger partial charge in [0.25, 0.3) is 0 Å². The van der Waals surface area contributed by atoms with E-state index in [9.17, 15) is 4.79 Å². The molecule has 0 amide bonds. The van der Waals surface area contributed by atoms with Crippen LogP contribution in [-0.2, 0) is 4.74 Å². The average Bonchev–Trinajstić information content (AvgIpc) is 2.79. The number of carbonyl (C=O) groups is 1. The van der Waals surface area contributed by atoms with Gasteiger partial charge >= 0.3 is 5.97 Å². The quantitative estimate of drug-likeness (QED) is 0.785. The number of carbonyl (C=O) groups excluding carboxylic acids is 1. The molecule has 0 bridgehead atoms. The van der Waals surface area contributed by atoms with Crippen molar-refractivity contribution in [3.8, 4) is 0 Å². The number of cyclic esters (lactones) is 1. The molecule has 0 saturated heterocycles. The minimum Gasteiger partial charge on any atom is -0.434 e. The molecule has 0 spiro atoms. The van der Waals surface area contributed by atoms with Crippen molar-refractivity contribution < 1.29 is 9.53 Å². The molecule has 1 atom stereocenters. The molecule has 0 radical (unpaired) electrons. The highest BCUT2D eigenvalue weighted by atomic mass is 16.6. The zero-order valence-corrected chi connectivity index (χ0v) is 10.7. The van der Waals surface area contributed by atoms with Crippen molar-refractivity contribution >= 4 is 11.7 Å². The maximum absolute atomic E-state index is 11.9. The Morgan fingerprint density at radius 2 is 1.74 bits per heavy atom. The predicted molar refractivity (Wildman–Crippen MR) is 74.1 cm³/mol. The Bertz CT molecular complexity index is 595. The number of anilines is 1. The summed E-state index contributed by atoms with van der Waals surface area (Å²) in [7, 11) is 0. The maximum atomic E-state index is 11.9. The highest BCUT2D eigenvalue weighted by Gasteiger charge is 2.34. The second kappa shape index (κ2) is 4.76. The first kappa shape index (κ1) is 11.8. The number of esters is 1. The van der Waals surface area contributed by atoms with Gasteiger partial charge in [-0.05, 0) is 25.1 Å². The van der Waals surface area contributed by atoms with Gasteiger partial charge in [0.2, 0.25) is 6.23 Å². The molecule has 3 rings (SSSR count). The topological polar surface area (TPSA) is 29.5 Å². The van der Waals surface area contributed by atoms with Gasteiger partial charge in [-0.2, -0.15) is 0 Å². The fourth-order valence-electron chi connectivity index (χ4n) is 2.46. The highest BCUT2D eigenvalue weighted by Crippen LogP contribution is 2.35. The Morgan fingerprint density at radius 3 is 2.47 bits per heavy atom. The van der Waals surface area contributed by atoms with E-state index in [1.165, 1.54) is 0 Å². The molecule has 0 N–H and O–H groups in total. The number of para-hydroxylation sites is 1. The number of benzene rings is 2. The van der Waals surface area contributed by atoms with E-state index < -0.39 is 0 Å². The van der Waals surface area contributed by atoms with Crippen molar-refractivity contribution in [3.05, 3.63) is 65.7 Å². The molecule has 96 valence electrons. The van der Waals surface area contributed by atoms with E-state index in [4.69, 9.17) is 4.74 Å². The van der Waals surface area contributed by atoms with Gasteiger partial charge in [0.05, 0.1) is 5.56 Å². The van der Waals surface area contributed by atoms with E-state index in [-0.39, 0.29) is 12.2 Å². The summed E-state index contributed by atoms with van der Waals surface area (Å²) in [6.07, 6.45) is -0.323. The molecule has 0 aromatic heterocycles. The van der Waals surface area contributed by atoms with E-state index >= 15 is 0 Å². The number of fused-ring (bicyclic) bond motifs is 1. The summed E-state index contributed by atoms with van der Waals surface area (Å²) < 4.78 is 5.53. The van der Waals surface area contributed by atoms with Gasteiger partial charge < -0.3 is 9.64 Å². The molecule has 3 heteroatoms. The zero-order valence-electron chi connectivity index (χ0n) is 10.7. The molecule has 2 aromatic rings. The van der Waals surface area contributed by atoms with E-state index in [2.05, 4.69) is 11.8 Å². The van der Waals surface area contributed by atoms with Crippen LogP contribution in [0.5, 0.6) is 0 Å². The molecule has 1 aliphatic rings. The van der Waals surface area contributed by atoms with Crippen LogP contribution in [0.2, 0.25) is 0 Å². The van der Waals surface area contributed by atoms with Gasteiger partial charge in [-0.25, -0.2) is 4.79 Å². The molecule has 0 fully saturated rings. The fourth-order valence-corrected chi connectivity index (χ4v) is 2.46. The molecule has 3 nitrogen and oxygen atoms in total. The van der Waals surface area contributed by atoms with Crippen LogP contribution >= 0.6 is 0 Å². The van der Waals surface area contributed by atoms with Crippen LogP contribution in [0.1, 0.15) is 29.1 Å². The van der Waals surface area contributed by atoms with E-state index in [1.807, 2.05) is 54.6 Å². The largest absolute Gasteiger partial charge is 0.434 e. The van der Waals surface area contributed by atoms with Crippen LogP contribution in [0.15, 0.2) is 54.6 Å². The lowest BCUT2D eigenvalue weighted by atomic mass is 10.1. The van der Waals surface area contributed by atoms with Crippen molar-refractivity contribution in [2.45, 2.75) is 13.2 Å². The lowest BCUT2D eigenvalue weighted by Gasteiger charge is -2.29. The van der Waals surface area contributed by atoms with E-state index in [0.29, 0.717) is 5.56 Å². The number of hydrogen-bond acceptors (Lipinski definition) is 3. The first-order chi connectivity index (χ1) is 9.31. The Balaban J connectivity index is 2.01. The molecular formula is C16H15NO2. The van der Waals surface area contributed by atoms with Crippen LogP contribution in [0.3, 0.4) is 0 Å². The first-order valence-corrected chi connectivity index (χ1v) is 6.43. The molecule has 19 heavy (non-hydrogen) atoms. The third kappa shape index (κ3) is 1.97. The Hall–Kier alpha value is -2.29. The van der Waals surface area contributed by atoms with E-state index in [1.54, 1.807) is 0 Å². The van der Waals surface area contributed by atoms with E-state index in [0.717, 1.165) is 17.8 Å². The molecule has 1 aliphatic heterocycles. The predicted octanol–water partition coefficient (Wildman–Crippen LogP) is 3.38. The summed E-state index contributed by atoms with van der Waals surface area (Å²) in [6.45, 7) is 2.83. The fraction of sp³-hybridized carbons (Fsp3) is 0.188. The lowest BCUT2D eigenvalue weighted by molar-refractivity contribution is 0.0380. The number of ether oxygens (including phenoxy) is 1. The average molecular weight is 253 g/mol. The Labute approximate surface area is 112 Å². The van der Waals surface area contributed by atoms with Crippen LogP contribution in [-0.4, -0.2) is 12.5 Å². The Morgan fingerprint density at radius 1 is 1.05 bits per heavy atom. The monoisotopic (exact) mass is 253 g/mol. The second-order valence-corrected chi connectivity index (χ2v) is 4.47. The summed E-state index contributed by atoms with van der Waals surface area (Å²) >= 11 is 0. The van der Waals surface area contributed by atoms with Gasteiger partial charge in [-0.15, -0.1) is 0 Å².